The molecule has 1 aromatic rings. The maximum Gasteiger partial charge on any atom is 0.307 e. The van der Waals surface area contributed by atoms with Gasteiger partial charge in [-0.15, -0.1) is 0 Å². The topological polar surface area (TPSA) is 91.9 Å². The van der Waals surface area contributed by atoms with Crippen LogP contribution in [0, 0.1) is 5.92 Å². The van der Waals surface area contributed by atoms with Gasteiger partial charge in [-0.1, -0.05) is 50.1 Å². The van der Waals surface area contributed by atoms with Gasteiger partial charge in [0.15, 0.2) is 5.82 Å². The van der Waals surface area contributed by atoms with E-state index in [9.17, 15) is 10.0 Å². The number of carbonyl (C=O) groups is 1. The van der Waals surface area contributed by atoms with Gasteiger partial charge < -0.3 is 14.5 Å². The van der Waals surface area contributed by atoms with Crippen LogP contribution in [-0.4, -0.2) is 63.1 Å². The number of aromatic nitrogens is 2. The Morgan fingerprint density at radius 2 is 1.90 bits per heavy atom. The van der Waals surface area contributed by atoms with Crippen LogP contribution < -0.4 is 0 Å². The highest BCUT2D eigenvalue weighted by molar-refractivity contribution is 5.70. The minimum absolute atomic E-state index is 0.103. The molecule has 31 heavy (non-hydrogen) atoms. The Morgan fingerprint density at radius 1 is 1.19 bits per heavy atom. The Labute approximate surface area is 186 Å². The number of hydrogen-bond acceptors (Lipinski definition) is 8. The van der Waals surface area contributed by atoms with Crippen molar-refractivity contribution < 1.29 is 19.3 Å². The molecule has 1 N–H and O–H groups in total. The van der Waals surface area contributed by atoms with Gasteiger partial charge in [0.05, 0.1) is 13.0 Å². The van der Waals surface area contributed by atoms with Crippen molar-refractivity contribution in [2.24, 2.45) is 5.92 Å². The Morgan fingerprint density at radius 3 is 2.58 bits per heavy atom. The summed E-state index contributed by atoms with van der Waals surface area (Å²) < 4.78 is 11.2. The second-order valence-electron chi connectivity index (χ2n) is 10.2. The normalized spacial score (nSPS) is 20.6. The van der Waals surface area contributed by atoms with Gasteiger partial charge in [0.2, 0.25) is 5.89 Å². The van der Waals surface area contributed by atoms with Crippen LogP contribution in [0.1, 0.15) is 96.2 Å². The standard InChI is InChI=1S/C23H40N4O4/c1-23(2,3)30-21(28)16-19(11-7-10-18-8-5-4-6-9-18)22-24-20(25-31-22)17-26-12-14-27(29)15-13-26/h18-19,29H,4-17H2,1-3H3/t19-/m0/s1. The zero-order chi connectivity index (χ0) is 22.3. The van der Waals surface area contributed by atoms with Crippen molar-refractivity contribution in [3.63, 3.8) is 0 Å². The van der Waals surface area contributed by atoms with Gasteiger partial charge in [-0.25, -0.2) is 0 Å². The zero-order valence-electron chi connectivity index (χ0n) is 19.5. The molecule has 3 rings (SSSR count). The van der Waals surface area contributed by atoms with Crippen molar-refractivity contribution in [1.29, 1.82) is 0 Å². The Balaban J connectivity index is 1.57. The number of hydrogen-bond donors (Lipinski definition) is 1. The van der Waals surface area contributed by atoms with Gasteiger partial charge in [-0.05, 0) is 33.1 Å². The SMILES string of the molecule is CC(C)(C)OC(=O)C[C@H](CCCC1CCCCC1)c1nc(CN2CCN(O)CC2)no1. The van der Waals surface area contributed by atoms with E-state index in [0.29, 0.717) is 31.3 Å². The third-order valence-corrected chi connectivity index (χ3v) is 6.27. The van der Waals surface area contributed by atoms with E-state index in [1.54, 1.807) is 0 Å². The quantitative estimate of drug-likeness (QED) is 0.578. The molecule has 2 aliphatic rings. The largest absolute Gasteiger partial charge is 0.460 e. The maximum absolute atomic E-state index is 12.5. The molecule has 0 radical (unpaired) electrons. The van der Waals surface area contributed by atoms with Gasteiger partial charge >= 0.3 is 5.97 Å². The van der Waals surface area contributed by atoms with Crippen molar-refractivity contribution in [2.45, 2.75) is 96.6 Å². The van der Waals surface area contributed by atoms with E-state index in [1.165, 1.54) is 43.6 Å². The predicted molar refractivity (Wildman–Crippen MR) is 117 cm³/mol. The van der Waals surface area contributed by atoms with Crippen LogP contribution >= 0.6 is 0 Å². The van der Waals surface area contributed by atoms with E-state index < -0.39 is 5.60 Å². The summed E-state index contributed by atoms with van der Waals surface area (Å²) >= 11 is 0. The Hall–Kier alpha value is -1.51. The van der Waals surface area contributed by atoms with Gasteiger partial charge in [0.25, 0.3) is 0 Å². The lowest BCUT2D eigenvalue weighted by Crippen LogP contribution is -2.44. The molecule has 0 aromatic carbocycles. The number of nitrogens with zero attached hydrogens (tertiary/aromatic N) is 4. The first kappa shape index (κ1) is 24.1. The van der Waals surface area contributed by atoms with Crippen LogP contribution in [0.25, 0.3) is 0 Å². The highest BCUT2D eigenvalue weighted by Gasteiger charge is 2.27. The van der Waals surface area contributed by atoms with E-state index in [-0.39, 0.29) is 18.3 Å². The lowest BCUT2D eigenvalue weighted by molar-refractivity contribution is -0.155. The van der Waals surface area contributed by atoms with Crippen LogP contribution in [0.4, 0.5) is 0 Å². The molecule has 2 fully saturated rings. The van der Waals surface area contributed by atoms with Gasteiger partial charge in [-0.2, -0.15) is 10.0 Å². The van der Waals surface area contributed by atoms with E-state index in [0.717, 1.165) is 31.8 Å². The van der Waals surface area contributed by atoms with Crippen LogP contribution in [0.3, 0.4) is 0 Å². The van der Waals surface area contributed by atoms with Crippen molar-refractivity contribution in [3.05, 3.63) is 11.7 Å². The van der Waals surface area contributed by atoms with Crippen molar-refractivity contribution in [3.8, 4) is 0 Å². The first-order valence-electron chi connectivity index (χ1n) is 12.0. The molecule has 1 saturated carbocycles. The van der Waals surface area contributed by atoms with Gasteiger partial charge in [0.1, 0.15) is 5.60 Å². The molecule has 1 aliphatic heterocycles. The van der Waals surface area contributed by atoms with Crippen LogP contribution in [0.15, 0.2) is 4.52 Å². The molecule has 0 spiro atoms. The van der Waals surface area contributed by atoms with E-state index in [1.807, 2.05) is 20.8 Å². The summed E-state index contributed by atoms with van der Waals surface area (Å²) in [5.74, 6) is 1.69. The third-order valence-electron chi connectivity index (χ3n) is 6.27. The van der Waals surface area contributed by atoms with Gasteiger partial charge in [0, 0.05) is 32.1 Å². The zero-order valence-corrected chi connectivity index (χ0v) is 19.5. The number of piperazine rings is 1. The molecule has 1 atom stereocenters. The molecule has 0 amide bonds. The lowest BCUT2D eigenvalue weighted by Gasteiger charge is -2.29. The molecule has 8 heteroatoms. The molecule has 2 heterocycles. The van der Waals surface area contributed by atoms with Crippen LogP contribution in [0.5, 0.6) is 0 Å². The van der Waals surface area contributed by atoms with Gasteiger partial charge in [-0.3, -0.25) is 9.69 Å². The van der Waals surface area contributed by atoms with E-state index in [4.69, 9.17) is 9.26 Å². The summed E-state index contributed by atoms with van der Waals surface area (Å²) in [7, 11) is 0. The summed E-state index contributed by atoms with van der Waals surface area (Å²) in [6.07, 6.45) is 10.1. The molecule has 176 valence electrons. The second-order valence-corrected chi connectivity index (χ2v) is 10.2. The fourth-order valence-corrected chi connectivity index (χ4v) is 4.62. The summed E-state index contributed by atoms with van der Waals surface area (Å²) in [6, 6.07) is 0. The van der Waals surface area contributed by atoms with E-state index >= 15 is 0 Å². The number of rotatable bonds is 9. The van der Waals surface area contributed by atoms with Crippen LogP contribution in [0.2, 0.25) is 0 Å². The van der Waals surface area contributed by atoms with Crippen molar-refractivity contribution >= 4 is 5.97 Å². The fourth-order valence-electron chi connectivity index (χ4n) is 4.62. The van der Waals surface area contributed by atoms with E-state index in [2.05, 4.69) is 15.0 Å². The number of carbonyl (C=O) groups excluding carboxylic acids is 1. The first-order valence-corrected chi connectivity index (χ1v) is 12.0. The molecule has 8 nitrogen and oxygen atoms in total. The van der Waals surface area contributed by atoms with Crippen molar-refractivity contribution in [1.82, 2.24) is 20.1 Å². The first-order chi connectivity index (χ1) is 14.8. The van der Waals surface area contributed by atoms with Crippen molar-refractivity contribution in [2.75, 3.05) is 26.2 Å². The number of ether oxygens (including phenoxy) is 1. The minimum atomic E-state index is -0.501. The summed E-state index contributed by atoms with van der Waals surface area (Å²) in [5, 5.41) is 15.0. The third kappa shape index (κ3) is 8.50. The molecule has 1 aliphatic carbocycles. The Bertz CT molecular complexity index is 673. The second kappa shape index (κ2) is 11.4. The average molecular weight is 437 g/mol. The lowest BCUT2D eigenvalue weighted by atomic mass is 9.84. The molecular formula is C23H40N4O4. The summed E-state index contributed by atoms with van der Waals surface area (Å²) in [6.45, 7) is 9.03. The smallest absolute Gasteiger partial charge is 0.307 e. The number of esters is 1. The molecule has 0 unspecified atom stereocenters. The minimum Gasteiger partial charge on any atom is -0.460 e. The molecule has 1 saturated heterocycles. The molecule has 1 aromatic heterocycles. The van der Waals surface area contributed by atoms with Crippen LogP contribution in [-0.2, 0) is 16.1 Å². The summed E-state index contributed by atoms with van der Waals surface area (Å²) in [5.41, 5.74) is -0.501. The monoisotopic (exact) mass is 436 g/mol. The Kier molecular flexibility index (Phi) is 8.86. The fraction of sp³-hybridized carbons (Fsp3) is 0.870. The highest BCUT2D eigenvalue weighted by Crippen LogP contribution is 2.31. The predicted octanol–water partition coefficient (Wildman–Crippen LogP) is 4.14. The summed E-state index contributed by atoms with van der Waals surface area (Å²) in [4.78, 5) is 19.4. The number of hydroxylamine groups is 2. The maximum atomic E-state index is 12.5. The highest BCUT2D eigenvalue weighted by atomic mass is 16.6. The average Bonchev–Trinajstić information content (AvgIpc) is 3.17. The molecule has 0 bridgehead atoms. The molecular weight excluding hydrogens is 396 g/mol.